The number of benzene rings is 2. The second-order valence-corrected chi connectivity index (χ2v) is 6.92. The molecule has 1 heterocycles. The maximum Gasteiger partial charge on any atom is 0.255 e. The summed E-state index contributed by atoms with van der Waals surface area (Å²) in [5.74, 6) is -0.156. The van der Waals surface area contributed by atoms with Crippen LogP contribution in [0.2, 0.25) is 0 Å². The van der Waals surface area contributed by atoms with Gasteiger partial charge in [0.05, 0.1) is 0 Å². The lowest BCUT2D eigenvalue weighted by Gasteiger charge is -2.27. The molecule has 0 radical (unpaired) electrons. The Labute approximate surface area is 154 Å². The molecule has 3 N–H and O–H groups in total. The highest BCUT2D eigenvalue weighted by molar-refractivity contribution is 6.05. The Hall–Kier alpha value is -2.66. The van der Waals surface area contributed by atoms with Crippen LogP contribution in [0.5, 0.6) is 0 Å². The molecule has 1 aliphatic heterocycles. The number of nitrogens with one attached hydrogen (secondary N) is 3. The average molecular weight is 351 g/mol. The summed E-state index contributed by atoms with van der Waals surface area (Å²) in [5, 5.41) is 9.24. The van der Waals surface area contributed by atoms with Crippen molar-refractivity contribution in [1.82, 2.24) is 5.32 Å². The average Bonchev–Trinajstić information content (AvgIpc) is 2.64. The van der Waals surface area contributed by atoms with Gasteiger partial charge in [0.15, 0.2) is 0 Å². The fourth-order valence-electron chi connectivity index (χ4n) is 3.23. The zero-order valence-corrected chi connectivity index (χ0v) is 15.2. The van der Waals surface area contributed by atoms with Gasteiger partial charge < -0.3 is 16.0 Å². The molecule has 0 unspecified atom stereocenters. The van der Waals surface area contributed by atoms with Gasteiger partial charge in [-0.05, 0) is 63.1 Å². The number of anilines is 2. The Morgan fingerprint density at radius 3 is 2.58 bits per heavy atom. The van der Waals surface area contributed by atoms with Crippen LogP contribution in [0.3, 0.4) is 0 Å². The van der Waals surface area contributed by atoms with E-state index < -0.39 is 0 Å². The van der Waals surface area contributed by atoms with Gasteiger partial charge in [-0.2, -0.15) is 0 Å². The third-order valence-corrected chi connectivity index (χ3v) is 4.78. The highest BCUT2D eigenvalue weighted by Crippen LogP contribution is 2.22. The van der Waals surface area contributed by atoms with Crippen molar-refractivity contribution in [3.63, 3.8) is 0 Å². The normalized spacial score (nSPS) is 19.6. The monoisotopic (exact) mass is 351 g/mol. The van der Waals surface area contributed by atoms with E-state index in [0.717, 1.165) is 30.6 Å². The molecule has 1 aliphatic rings. The van der Waals surface area contributed by atoms with E-state index in [4.69, 9.17) is 0 Å². The van der Waals surface area contributed by atoms with E-state index in [1.807, 2.05) is 43.3 Å². The molecule has 2 atom stereocenters. The standard InChI is InChI=1S/C21H25N3O2/c1-14-8-9-16(20(25)23-18-6-4-3-5-7-18)13-19(14)24-21(26)17-10-11-22-15(2)12-17/h3-9,13,15,17,22H,10-12H2,1-2H3,(H,23,25)(H,24,26)/t15-,17-/m0/s1. The van der Waals surface area contributed by atoms with Crippen molar-refractivity contribution in [3.05, 3.63) is 59.7 Å². The predicted molar refractivity (Wildman–Crippen MR) is 104 cm³/mol. The van der Waals surface area contributed by atoms with Crippen molar-refractivity contribution in [2.24, 2.45) is 5.92 Å². The molecular weight excluding hydrogens is 326 g/mol. The molecule has 5 nitrogen and oxygen atoms in total. The molecule has 5 heteroatoms. The van der Waals surface area contributed by atoms with Gasteiger partial charge in [-0.3, -0.25) is 9.59 Å². The van der Waals surface area contributed by atoms with Crippen molar-refractivity contribution >= 4 is 23.2 Å². The second kappa shape index (κ2) is 8.15. The number of aryl methyl sites for hydroxylation is 1. The smallest absolute Gasteiger partial charge is 0.255 e. The maximum absolute atomic E-state index is 12.6. The number of para-hydroxylation sites is 1. The number of rotatable bonds is 4. The highest BCUT2D eigenvalue weighted by Gasteiger charge is 2.25. The summed E-state index contributed by atoms with van der Waals surface area (Å²) in [6.45, 7) is 4.89. The number of carbonyl (C=O) groups is 2. The van der Waals surface area contributed by atoms with Gasteiger partial charge in [-0.15, -0.1) is 0 Å². The maximum atomic E-state index is 12.6. The van der Waals surface area contributed by atoms with Gasteiger partial charge in [0.25, 0.3) is 5.91 Å². The Morgan fingerprint density at radius 2 is 1.85 bits per heavy atom. The Balaban J connectivity index is 1.71. The van der Waals surface area contributed by atoms with Crippen LogP contribution in [0.1, 0.15) is 35.7 Å². The summed E-state index contributed by atoms with van der Waals surface area (Å²) in [6.07, 6.45) is 1.67. The fraction of sp³-hybridized carbons (Fsp3) is 0.333. The van der Waals surface area contributed by atoms with Gasteiger partial charge >= 0.3 is 0 Å². The lowest BCUT2D eigenvalue weighted by molar-refractivity contribution is -0.120. The van der Waals surface area contributed by atoms with Crippen molar-refractivity contribution in [3.8, 4) is 0 Å². The molecule has 0 bridgehead atoms. The summed E-state index contributed by atoms with van der Waals surface area (Å²) in [5.41, 5.74) is 2.90. The molecule has 0 spiro atoms. The minimum absolute atomic E-state index is 0.00690. The molecule has 1 saturated heterocycles. The van der Waals surface area contributed by atoms with Crippen molar-refractivity contribution < 1.29 is 9.59 Å². The van der Waals surface area contributed by atoms with Crippen LogP contribution in [0.25, 0.3) is 0 Å². The molecule has 26 heavy (non-hydrogen) atoms. The number of piperidine rings is 1. The SMILES string of the molecule is Cc1ccc(C(=O)Nc2ccccc2)cc1NC(=O)[C@H]1CCN[C@@H](C)C1. The van der Waals surface area contributed by atoms with E-state index in [2.05, 4.69) is 22.9 Å². The summed E-state index contributed by atoms with van der Waals surface area (Å²) < 4.78 is 0. The first-order chi connectivity index (χ1) is 12.5. The first kappa shape index (κ1) is 18.1. The molecule has 0 aromatic heterocycles. The van der Waals surface area contributed by atoms with Gasteiger partial charge in [-0.25, -0.2) is 0 Å². The van der Waals surface area contributed by atoms with Crippen LogP contribution in [-0.2, 0) is 4.79 Å². The summed E-state index contributed by atoms with van der Waals surface area (Å²) >= 11 is 0. The Kier molecular flexibility index (Phi) is 5.68. The van der Waals surface area contributed by atoms with Gasteiger partial charge in [-0.1, -0.05) is 24.3 Å². The first-order valence-electron chi connectivity index (χ1n) is 9.04. The molecule has 0 aliphatic carbocycles. The summed E-state index contributed by atoms with van der Waals surface area (Å²) in [4.78, 5) is 25.1. The van der Waals surface area contributed by atoms with E-state index >= 15 is 0 Å². The lowest BCUT2D eigenvalue weighted by atomic mass is 9.92. The number of carbonyl (C=O) groups excluding carboxylic acids is 2. The number of amides is 2. The third kappa shape index (κ3) is 4.49. The van der Waals surface area contributed by atoms with Gasteiger partial charge in [0.1, 0.15) is 0 Å². The van der Waals surface area contributed by atoms with Crippen LogP contribution in [0.4, 0.5) is 11.4 Å². The molecule has 3 rings (SSSR count). The molecule has 2 aromatic rings. The topological polar surface area (TPSA) is 70.2 Å². The highest BCUT2D eigenvalue weighted by atomic mass is 16.2. The van der Waals surface area contributed by atoms with Gasteiger partial charge in [0, 0.05) is 28.9 Å². The second-order valence-electron chi connectivity index (χ2n) is 6.92. The van der Waals surface area contributed by atoms with E-state index in [0.29, 0.717) is 17.3 Å². The molecule has 136 valence electrons. The fourth-order valence-corrected chi connectivity index (χ4v) is 3.23. The molecular formula is C21H25N3O2. The van der Waals surface area contributed by atoms with Gasteiger partial charge in [0.2, 0.25) is 5.91 Å². The summed E-state index contributed by atoms with van der Waals surface area (Å²) in [6, 6.07) is 15.1. The van der Waals surface area contributed by atoms with Crippen LogP contribution < -0.4 is 16.0 Å². The largest absolute Gasteiger partial charge is 0.326 e. The first-order valence-corrected chi connectivity index (χ1v) is 9.04. The predicted octanol–water partition coefficient (Wildman–Crippen LogP) is 3.57. The summed E-state index contributed by atoms with van der Waals surface area (Å²) in [7, 11) is 0. The zero-order valence-electron chi connectivity index (χ0n) is 15.2. The van der Waals surface area contributed by atoms with E-state index in [1.54, 1.807) is 12.1 Å². The third-order valence-electron chi connectivity index (χ3n) is 4.78. The van der Waals surface area contributed by atoms with Crippen LogP contribution in [-0.4, -0.2) is 24.4 Å². The zero-order chi connectivity index (χ0) is 18.5. The Bertz CT molecular complexity index is 789. The Morgan fingerprint density at radius 1 is 1.08 bits per heavy atom. The van der Waals surface area contributed by atoms with E-state index in [1.165, 1.54) is 0 Å². The van der Waals surface area contributed by atoms with E-state index in [-0.39, 0.29) is 17.7 Å². The van der Waals surface area contributed by atoms with Crippen molar-refractivity contribution in [2.45, 2.75) is 32.7 Å². The van der Waals surface area contributed by atoms with Crippen LogP contribution in [0, 0.1) is 12.8 Å². The number of hydrogen-bond donors (Lipinski definition) is 3. The molecule has 1 fully saturated rings. The molecule has 2 amide bonds. The quantitative estimate of drug-likeness (QED) is 0.789. The van der Waals surface area contributed by atoms with Crippen LogP contribution >= 0.6 is 0 Å². The number of hydrogen-bond acceptors (Lipinski definition) is 3. The van der Waals surface area contributed by atoms with Crippen molar-refractivity contribution in [1.29, 1.82) is 0 Å². The minimum atomic E-state index is -0.192. The lowest BCUT2D eigenvalue weighted by Crippen LogP contribution is -2.40. The van der Waals surface area contributed by atoms with Crippen molar-refractivity contribution in [2.75, 3.05) is 17.2 Å². The van der Waals surface area contributed by atoms with Crippen LogP contribution in [0.15, 0.2) is 48.5 Å². The molecule has 2 aromatic carbocycles. The molecule has 0 saturated carbocycles. The minimum Gasteiger partial charge on any atom is -0.326 e. The van der Waals surface area contributed by atoms with E-state index in [9.17, 15) is 9.59 Å².